The Morgan fingerprint density at radius 3 is 1.96 bits per heavy atom. The minimum atomic E-state index is -0.193. The molecule has 2 amide bonds. The number of carbonyl (C=O) groups excluding carboxylic acids is 2. The average Bonchev–Trinajstić information content (AvgIpc) is 2.63. The molecule has 144 valence electrons. The predicted octanol–water partition coefficient (Wildman–Crippen LogP) is 5.10. The van der Waals surface area contributed by atoms with Crippen LogP contribution in [0.3, 0.4) is 0 Å². The first kappa shape index (κ1) is 20.5. The molecule has 5 nitrogen and oxygen atoms in total. The van der Waals surface area contributed by atoms with Crippen molar-refractivity contribution in [1.82, 2.24) is 0 Å². The van der Waals surface area contributed by atoms with Crippen LogP contribution in [0, 0.1) is 5.92 Å². The van der Waals surface area contributed by atoms with Gasteiger partial charge in [-0.25, -0.2) is 0 Å². The number of ether oxygens (including phenoxy) is 1. The van der Waals surface area contributed by atoms with E-state index in [0.29, 0.717) is 29.3 Å². The van der Waals surface area contributed by atoms with Crippen LogP contribution in [0.4, 0.5) is 11.4 Å². The second-order valence-corrected chi connectivity index (χ2v) is 7.04. The number of carbonyl (C=O) groups is 2. The average molecular weight is 368 g/mol. The number of rotatable bonds is 8. The first-order valence-corrected chi connectivity index (χ1v) is 9.35. The van der Waals surface area contributed by atoms with Gasteiger partial charge in [-0.1, -0.05) is 20.8 Å². The zero-order valence-corrected chi connectivity index (χ0v) is 16.4. The number of benzene rings is 2. The van der Waals surface area contributed by atoms with E-state index in [0.717, 1.165) is 12.2 Å². The fourth-order valence-corrected chi connectivity index (χ4v) is 2.42. The third-order valence-corrected chi connectivity index (χ3v) is 4.05. The molecule has 0 aliphatic heterocycles. The van der Waals surface area contributed by atoms with Gasteiger partial charge in [0.2, 0.25) is 5.91 Å². The highest BCUT2D eigenvalue weighted by atomic mass is 16.5. The van der Waals surface area contributed by atoms with Crippen LogP contribution in [0.1, 0.15) is 50.9 Å². The molecule has 0 saturated heterocycles. The van der Waals surface area contributed by atoms with Crippen LogP contribution < -0.4 is 15.4 Å². The van der Waals surface area contributed by atoms with E-state index in [-0.39, 0.29) is 17.9 Å². The first-order valence-electron chi connectivity index (χ1n) is 9.35. The van der Waals surface area contributed by atoms with Gasteiger partial charge in [0.05, 0.1) is 6.10 Å². The molecule has 1 atom stereocenters. The van der Waals surface area contributed by atoms with Crippen molar-refractivity contribution in [2.45, 2.75) is 46.6 Å². The number of hydrogen-bond donors (Lipinski definition) is 2. The van der Waals surface area contributed by atoms with Crippen molar-refractivity contribution < 1.29 is 14.3 Å². The third-order valence-electron chi connectivity index (χ3n) is 4.05. The third kappa shape index (κ3) is 6.77. The van der Waals surface area contributed by atoms with Crippen LogP contribution in [0.15, 0.2) is 48.5 Å². The van der Waals surface area contributed by atoms with E-state index in [4.69, 9.17) is 4.74 Å². The van der Waals surface area contributed by atoms with Gasteiger partial charge in [-0.2, -0.15) is 0 Å². The molecule has 0 spiro atoms. The van der Waals surface area contributed by atoms with Crippen molar-refractivity contribution in [1.29, 1.82) is 0 Å². The Hall–Kier alpha value is -2.82. The Bertz CT molecular complexity index is 752. The normalized spacial score (nSPS) is 11.7. The summed E-state index contributed by atoms with van der Waals surface area (Å²) in [5, 5.41) is 5.70. The Labute approximate surface area is 161 Å². The van der Waals surface area contributed by atoms with E-state index in [1.54, 1.807) is 48.5 Å². The fraction of sp³-hybridized carbons (Fsp3) is 0.364. The van der Waals surface area contributed by atoms with Crippen molar-refractivity contribution in [2.24, 2.45) is 5.92 Å². The number of anilines is 2. The van der Waals surface area contributed by atoms with Crippen LogP contribution in [-0.2, 0) is 4.79 Å². The first-order chi connectivity index (χ1) is 12.9. The molecule has 0 radical (unpaired) electrons. The Balaban J connectivity index is 1.92. The van der Waals surface area contributed by atoms with Gasteiger partial charge < -0.3 is 15.4 Å². The summed E-state index contributed by atoms with van der Waals surface area (Å²) < 4.78 is 5.72. The molecule has 0 heterocycles. The minimum Gasteiger partial charge on any atom is -0.491 e. The molecule has 1 unspecified atom stereocenters. The summed E-state index contributed by atoms with van der Waals surface area (Å²) in [6, 6.07) is 14.2. The van der Waals surface area contributed by atoms with Gasteiger partial charge in [0, 0.05) is 23.4 Å². The molecule has 27 heavy (non-hydrogen) atoms. The van der Waals surface area contributed by atoms with E-state index in [1.165, 1.54) is 0 Å². The molecule has 5 heteroatoms. The van der Waals surface area contributed by atoms with Gasteiger partial charge in [-0.15, -0.1) is 0 Å². The van der Waals surface area contributed by atoms with E-state index >= 15 is 0 Å². The summed E-state index contributed by atoms with van der Waals surface area (Å²) in [4.78, 5) is 24.2. The molecule has 0 fully saturated rings. The highest BCUT2D eigenvalue weighted by molar-refractivity contribution is 6.04. The van der Waals surface area contributed by atoms with E-state index in [2.05, 4.69) is 17.6 Å². The van der Waals surface area contributed by atoms with Crippen LogP contribution in [0.5, 0.6) is 5.75 Å². The minimum absolute atomic E-state index is 0.0125. The fourth-order valence-electron chi connectivity index (χ4n) is 2.42. The molecule has 0 aliphatic rings. The van der Waals surface area contributed by atoms with Gasteiger partial charge in [0.1, 0.15) is 5.75 Å². The highest BCUT2D eigenvalue weighted by Gasteiger charge is 2.09. The standard InChI is InChI=1S/C22H28N2O3/c1-5-16(4)27-20-12-6-17(7-13-20)22(26)24-19-10-8-18(9-11-19)23-21(25)14-15(2)3/h6-13,15-16H,5,14H2,1-4H3,(H,23,25)(H,24,26). The molecule has 0 saturated carbocycles. The maximum atomic E-state index is 12.4. The largest absolute Gasteiger partial charge is 0.491 e. The summed E-state index contributed by atoms with van der Waals surface area (Å²) in [7, 11) is 0. The summed E-state index contributed by atoms with van der Waals surface area (Å²) >= 11 is 0. The highest BCUT2D eigenvalue weighted by Crippen LogP contribution is 2.18. The lowest BCUT2D eigenvalue weighted by molar-refractivity contribution is -0.116. The van der Waals surface area contributed by atoms with Gasteiger partial charge >= 0.3 is 0 Å². The van der Waals surface area contributed by atoms with Crippen LogP contribution >= 0.6 is 0 Å². The Morgan fingerprint density at radius 1 is 0.889 bits per heavy atom. The lowest BCUT2D eigenvalue weighted by Crippen LogP contribution is -2.14. The molecule has 2 rings (SSSR count). The maximum absolute atomic E-state index is 12.4. The molecular weight excluding hydrogens is 340 g/mol. The van der Waals surface area contributed by atoms with E-state index < -0.39 is 0 Å². The van der Waals surface area contributed by atoms with Gasteiger partial charge in [-0.05, 0) is 67.8 Å². The second-order valence-electron chi connectivity index (χ2n) is 7.04. The number of hydrogen-bond acceptors (Lipinski definition) is 3. The number of nitrogens with one attached hydrogen (secondary N) is 2. The summed E-state index contributed by atoms with van der Waals surface area (Å²) in [5.41, 5.74) is 1.94. The molecule has 2 aromatic rings. The molecule has 0 bridgehead atoms. The van der Waals surface area contributed by atoms with Crippen molar-refractivity contribution in [3.8, 4) is 5.75 Å². The monoisotopic (exact) mass is 368 g/mol. The zero-order chi connectivity index (χ0) is 19.8. The molecule has 0 aromatic heterocycles. The topological polar surface area (TPSA) is 67.4 Å². The van der Waals surface area contributed by atoms with Crippen LogP contribution in [0.2, 0.25) is 0 Å². The van der Waals surface area contributed by atoms with Gasteiger partial charge in [-0.3, -0.25) is 9.59 Å². The Kier molecular flexibility index (Phi) is 7.41. The molecule has 2 aromatic carbocycles. The van der Waals surface area contributed by atoms with Crippen molar-refractivity contribution in [2.75, 3.05) is 10.6 Å². The molecular formula is C22H28N2O3. The molecule has 2 N–H and O–H groups in total. The SMILES string of the molecule is CCC(C)Oc1ccc(C(=O)Nc2ccc(NC(=O)CC(C)C)cc2)cc1. The van der Waals surface area contributed by atoms with Crippen molar-refractivity contribution in [3.63, 3.8) is 0 Å². The van der Waals surface area contributed by atoms with Crippen molar-refractivity contribution in [3.05, 3.63) is 54.1 Å². The van der Waals surface area contributed by atoms with Gasteiger partial charge in [0.25, 0.3) is 5.91 Å². The lowest BCUT2D eigenvalue weighted by atomic mass is 10.1. The summed E-state index contributed by atoms with van der Waals surface area (Å²) in [6.45, 7) is 8.07. The van der Waals surface area contributed by atoms with Crippen LogP contribution in [0.25, 0.3) is 0 Å². The summed E-state index contributed by atoms with van der Waals surface area (Å²) in [6.07, 6.45) is 1.55. The summed E-state index contributed by atoms with van der Waals surface area (Å²) in [5.74, 6) is 0.857. The lowest BCUT2D eigenvalue weighted by Gasteiger charge is -2.13. The Morgan fingerprint density at radius 2 is 1.44 bits per heavy atom. The van der Waals surface area contributed by atoms with E-state index in [9.17, 15) is 9.59 Å². The van der Waals surface area contributed by atoms with Gasteiger partial charge in [0.15, 0.2) is 0 Å². The smallest absolute Gasteiger partial charge is 0.255 e. The van der Waals surface area contributed by atoms with Crippen LogP contribution in [-0.4, -0.2) is 17.9 Å². The quantitative estimate of drug-likeness (QED) is 0.681. The number of amides is 2. The second kappa shape index (κ2) is 9.76. The molecule has 0 aliphatic carbocycles. The maximum Gasteiger partial charge on any atom is 0.255 e. The van der Waals surface area contributed by atoms with E-state index in [1.807, 2.05) is 20.8 Å². The zero-order valence-electron chi connectivity index (χ0n) is 16.4. The van der Waals surface area contributed by atoms with Crippen molar-refractivity contribution >= 4 is 23.2 Å². The predicted molar refractivity (Wildman–Crippen MR) is 109 cm³/mol.